The summed E-state index contributed by atoms with van der Waals surface area (Å²) in [6, 6.07) is 4.33. The van der Waals surface area contributed by atoms with Crippen LogP contribution in [0.1, 0.15) is 31.9 Å². The zero-order valence-electron chi connectivity index (χ0n) is 14.6. The fourth-order valence-corrected chi connectivity index (χ4v) is 4.00. The minimum absolute atomic E-state index is 0.243. The molecule has 0 aliphatic carbocycles. The first kappa shape index (κ1) is 16.2. The van der Waals surface area contributed by atoms with Crippen molar-refractivity contribution >= 4 is 32.6 Å². The highest BCUT2D eigenvalue weighted by Gasteiger charge is 2.30. The molecule has 0 radical (unpaired) electrons. The van der Waals surface area contributed by atoms with Crippen molar-refractivity contribution in [3.05, 3.63) is 23.3 Å². The number of piperazine rings is 1. The summed E-state index contributed by atoms with van der Waals surface area (Å²) in [4.78, 5) is 21.5. The lowest BCUT2D eigenvalue weighted by Gasteiger charge is -2.37. The summed E-state index contributed by atoms with van der Waals surface area (Å²) in [5.41, 5.74) is 3.38. The Morgan fingerprint density at radius 3 is 2.39 bits per heavy atom. The summed E-state index contributed by atoms with van der Waals surface area (Å²) in [6.45, 7) is 13.5. The topological polar surface area (TPSA) is 36.4 Å². The number of anilines is 1. The maximum Gasteiger partial charge on any atom is 0.228 e. The number of aryl methyl sites for hydroxylation is 2. The Hall–Kier alpha value is -1.62. The summed E-state index contributed by atoms with van der Waals surface area (Å²) in [6.07, 6.45) is 0. The van der Waals surface area contributed by atoms with Crippen LogP contribution in [0.5, 0.6) is 0 Å². The van der Waals surface area contributed by atoms with Crippen molar-refractivity contribution in [3.8, 4) is 0 Å². The molecule has 0 saturated carbocycles. The summed E-state index contributed by atoms with van der Waals surface area (Å²) in [5, 5.41) is 1.08. The van der Waals surface area contributed by atoms with Crippen LogP contribution in [0.25, 0.3) is 10.2 Å². The van der Waals surface area contributed by atoms with Crippen LogP contribution in [0.4, 0.5) is 5.13 Å². The van der Waals surface area contributed by atoms with E-state index < -0.39 is 0 Å². The number of carbonyl (C=O) groups excluding carboxylic acids is 1. The van der Waals surface area contributed by atoms with Crippen LogP contribution in [0.15, 0.2) is 12.1 Å². The van der Waals surface area contributed by atoms with Gasteiger partial charge in [-0.25, -0.2) is 4.98 Å². The first-order chi connectivity index (χ1) is 10.8. The van der Waals surface area contributed by atoms with Crippen molar-refractivity contribution in [3.63, 3.8) is 0 Å². The molecular formula is C18H25N3OS. The lowest BCUT2D eigenvalue weighted by molar-refractivity contribution is -0.139. The molecule has 3 rings (SSSR count). The minimum atomic E-state index is -0.299. The Kier molecular flexibility index (Phi) is 4.08. The molecule has 0 unspecified atom stereocenters. The number of rotatable bonds is 1. The number of carbonyl (C=O) groups is 1. The maximum atomic E-state index is 12.4. The Morgan fingerprint density at radius 1 is 1.13 bits per heavy atom. The van der Waals surface area contributed by atoms with Gasteiger partial charge < -0.3 is 9.80 Å². The predicted molar refractivity (Wildman–Crippen MR) is 97.3 cm³/mol. The second-order valence-corrected chi connectivity index (χ2v) is 8.39. The zero-order valence-corrected chi connectivity index (χ0v) is 15.5. The van der Waals surface area contributed by atoms with Crippen molar-refractivity contribution < 1.29 is 4.79 Å². The van der Waals surface area contributed by atoms with E-state index >= 15 is 0 Å². The highest BCUT2D eigenvalue weighted by atomic mass is 32.1. The van der Waals surface area contributed by atoms with Gasteiger partial charge in [0.25, 0.3) is 0 Å². The molecule has 1 amide bonds. The number of hydrogen-bond acceptors (Lipinski definition) is 4. The molecule has 124 valence electrons. The van der Waals surface area contributed by atoms with Crippen molar-refractivity contribution in [1.82, 2.24) is 9.88 Å². The fourth-order valence-electron chi connectivity index (χ4n) is 2.92. The van der Waals surface area contributed by atoms with E-state index in [0.29, 0.717) is 0 Å². The molecule has 0 bridgehead atoms. The molecule has 1 aromatic carbocycles. The third kappa shape index (κ3) is 3.07. The van der Waals surface area contributed by atoms with Crippen LogP contribution in [-0.4, -0.2) is 42.0 Å². The molecule has 2 aromatic rings. The van der Waals surface area contributed by atoms with E-state index in [1.807, 2.05) is 25.7 Å². The first-order valence-electron chi connectivity index (χ1n) is 8.18. The zero-order chi connectivity index (χ0) is 16.8. The van der Waals surface area contributed by atoms with Gasteiger partial charge in [-0.2, -0.15) is 0 Å². The van der Waals surface area contributed by atoms with Crippen molar-refractivity contribution in [2.75, 3.05) is 31.1 Å². The number of fused-ring (bicyclic) bond motifs is 1. The van der Waals surface area contributed by atoms with Gasteiger partial charge in [0.2, 0.25) is 5.91 Å². The molecule has 0 spiro atoms. The minimum Gasteiger partial charge on any atom is -0.345 e. The third-order valence-corrected chi connectivity index (χ3v) is 5.63. The van der Waals surface area contributed by atoms with Crippen molar-refractivity contribution in [1.29, 1.82) is 0 Å². The third-order valence-electron chi connectivity index (χ3n) is 4.55. The van der Waals surface area contributed by atoms with E-state index in [-0.39, 0.29) is 11.3 Å². The Balaban J connectivity index is 1.76. The standard InChI is InChI=1S/C18H25N3OS/c1-12-6-7-14-15(13(12)2)19-17(23-14)21-10-8-20(9-11-21)16(22)18(3,4)5/h6-7H,8-11H2,1-5H3. The summed E-state index contributed by atoms with van der Waals surface area (Å²) in [5.74, 6) is 0.243. The van der Waals surface area contributed by atoms with Crippen molar-refractivity contribution in [2.45, 2.75) is 34.6 Å². The van der Waals surface area contributed by atoms with Gasteiger partial charge in [-0.15, -0.1) is 0 Å². The van der Waals surface area contributed by atoms with Gasteiger partial charge in [0.05, 0.1) is 10.2 Å². The van der Waals surface area contributed by atoms with Crippen LogP contribution in [0.2, 0.25) is 0 Å². The van der Waals surface area contributed by atoms with E-state index in [2.05, 4.69) is 30.9 Å². The van der Waals surface area contributed by atoms with E-state index in [4.69, 9.17) is 4.98 Å². The number of thiazole rings is 1. The van der Waals surface area contributed by atoms with Gasteiger partial charge in [0.1, 0.15) is 0 Å². The van der Waals surface area contributed by atoms with E-state index in [0.717, 1.165) is 36.8 Å². The quantitative estimate of drug-likeness (QED) is 0.801. The molecule has 1 aromatic heterocycles. The lowest BCUT2D eigenvalue weighted by Crippen LogP contribution is -2.51. The van der Waals surface area contributed by atoms with Gasteiger partial charge in [-0.3, -0.25) is 4.79 Å². The number of nitrogens with zero attached hydrogens (tertiary/aromatic N) is 3. The fraction of sp³-hybridized carbons (Fsp3) is 0.556. The lowest BCUT2D eigenvalue weighted by atomic mass is 9.94. The molecule has 0 atom stereocenters. The maximum absolute atomic E-state index is 12.4. The highest BCUT2D eigenvalue weighted by molar-refractivity contribution is 7.22. The van der Waals surface area contributed by atoms with Crippen LogP contribution in [0, 0.1) is 19.3 Å². The van der Waals surface area contributed by atoms with Crippen LogP contribution in [0.3, 0.4) is 0 Å². The molecule has 1 aliphatic heterocycles. The van der Waals surface area contributed by atoms with Crippen molar-refractivity contribution in [2.24, 2.45) is 5.41 Å². The Bertz CT molecular complexity index is 737. The van der Waals surface area contributed by atoms with Gasteiger partial charge in [0, 0.05) is 31.6 Å². The number of benzene rings is 1. The average Bonchev–Trinajstić information content (AvgIpc) is 2.94. The Morgan fingerprint density at radius 2 is 1.78 bits per heavy atom. The number of aromatic nitrogens is 1. The molecule has 23 heavy (non-hydrogen) atoms. The van der Waals surface area contributed by atoms with E-state index in [9.17, 15) is 4.79 Å². The molecule has 5 heteroatoms. The first-order valence-corrected chi connectivity index (χ1v) is 9.00. The number of hydrogen-bond donors (Lipinski definition) is 0. The highest BCUT2D eigenvalue weighted by Crippen LogP contribution is 2.32. The molecule has 0 N–H and O–H groups in total. The van der Waals surface area contributed by atoms with Crippen LogP contribution < -0.4 is 4.90 Å². The number of amides is 1. The van der Waals surface area contributed by atoms with Gasteiger partial charge in [-0.05, 0) is 31.0 Å². The molecule has 4 nitrogen and oxygen atoms in total. The smallest absolute Gasteiger partial charge is 0.228 e. The SMILES string of the molecule is Cc1ccc2sc(N3CCN(C(=O)C(C)(C)C)CC3)nc2c1C. The monoisotopic (exact) mass is 331 g/mol. The van der Waals surface area contributed by atoms with Crippen LogP contribution in [-0.2, 0) is 4.79 Å². The van der Waals surface area contributed by atoms with Gasteiger partial charge in [-0.1, -0.05) is 38.2 Å². The van der Waals surface area contributed by atoms with E-state index in [1.165, 1.54) is 15.8 Å². The Labute approximate surface area is 142 Å². The predicted octanol–water partition coefficient (Wildman–Crippen LogP) is 3.61. The molecule has 1 fully saturated rings. The largest absolute Gasteiger partial charge is 0.345 e. The van der Waals surface area contributed by atoms with Gasteiger partial charge in [0.15, 0.2) is 5.13 Å². The normalized spacial score (nSPS) is 16.2. The second kappa shape index (κ2) is 5.78. The molecule has 1 aliphatic rings. The summed E-state index contributed by atoms with van der Waals surface area (Å²) >= 11 is 1.75. The second-order valence-electron chi connectivity index (χ2n) is 7.38. The van der Waals surface area contributed by atoms with Gasteiger partial charge >= 0.3 is 0 Å². The molecule has 1 saturated heterocycles. The summed E-state index contributed by atoms with van der Waals surface area (Å²) in [7, 11) is 0. The van der Waals surface area contributed by atoms with Crippen LogP contribution >= 0.6 is 11.3 Å². The molecular weight excluding hydrogens is 306 g/mol. The van der Waals surface area contributed by atoms with E-state index in [1.54, 1.807) is 11.3 Å². The summed E-state index contributed by atoms with van der Waals surface area (Å²) < 4.78 is 1.25. The average molecular weight is 331 g/mol. The molecule has 2 heterocycles.